The van der Waals surface area contributed by atoms with Crippen LogP contribution < -0.4 is 5.32 Å². The fraction of sp³-hybridized carbons (Fsp3) is 1.00. The molecule has 2 atom stereocenters. The van der Waals surface area contributed by atoms with Gasteiger partial charge in [0, 0.05) is 19.6 Å². The fourth-order valence-electron chi connectivity index (χ4n) is 2.48. The maximum absolute atomic E-state index is 5.88. The Hall–Kier alpha value is -0.120. The van der Waals surface area contributed by atoms with Crippen LogP contribution in [0.4, 0.5) is 0 Å². The van der Waals surface area contributed by atoms with E-state index in [4.69, 9.17) is 9.47 Å². The van der Waals surface area contributed by atoms with Gasteiger partial charge in [0.15, 0.2) is 0 Å². The van der Waals surface area contributed by atoms with Crippen molar-refractivity contribution in [2.45, 2.75) is 37.4 Å². The summed E-state index contributed by atoms with van der Waals surface area (Å²) >= 11 is 0. The molecule has 3 heteroatoms. The van der Waals surface area contributed by atoms with Crippen LogP contribution in [0.1, 0.15) is 25.7 Å². The van der Waals surface area contributed by atoms with Crippen LogP contribution in [0, 0.1) is 5.92 Å². The lowest BCUT2D eigenvalue weighted by molar-refractivity contribution is 0.00673. The molecule has 1 N–H and O–H groups in total. The predicted molar refractivity (Wildman–Crippen MR) is 53.3 cm³/mol. The maximum atomic E-state index is 5.88. The van der Waals surface area contributed by atoms with Gasteiger partial charge in [-0.1, -0.05) is 0 Å². The summed E-state index contributed by atoms with van der Waals surface area (Å²) in [5.41, 5.74) is 0.133. The van der Waals surface area contributed by atoms with Gasteiger partial charge in [0.05, 0.1) is 18.3 Å². The zero-order chi connectivity index (χ0) is 9.43. The van der Waals surface area contributed by atoms with E-state index in [1.165, 1.54) is 12.8 Å². The van der Waals surface area contributed by atoms with Gasteiger partial charge in [-0.15, -0.1) is 0 Å². The number of rotatable bonds is 3. The molecule has 2 aliphatic heterocycles. The van der Waals surface area contributed by atoms with E-state index in [1.807, 2.05) is 0 Å². The van der Waals surface area contributed by atoms with Gasteiger partial charge in [-0.05, 0) is 31.7 Å². The van der Waals surface area contributed by atoms with Crippen molar-refractivity contribution in [3.8, 4) is 0 Å². The topological polar surface area (TPSA) is 30.5 Å². The van der Waals surface area contributed by atoms with Crippen LogP contribution >= 0.6 is 0 Å². The molecule has 0 radical (unpaired) electrons. The summed E-state index contributed by atoms with van der Waals surface area (Å²) in [5, 5.41) is 3.37. The van der Waals surface area contributed by atoms with Crippen LogP contribution in [-0.4, -0.2) is 38.0 Å². The van der Waals surface area contributed by atoms with Crippen molar-refractivity contribution < 1.29 is 9.47 Å². The molecular formula is C11H19NO2. The van der Waals surface area contributed by atoms with E-state index in [9.17, 15) is 0 Å². The summed E-state index contributed by atoms with van der Waals surface area (Å²) in [7, 11) is 0. The molecule has 3 rings (SSSR count). The first kappa shape index (κ1) is 9.13. The van der Waals surface area contributed by atoms with Crippen molar-refractivity contribution in [2.75, 3.05) is 26.3 Å². The highest BCUT2D eigenvalue weighted by Crippen LogP contribution is 2.35. The molecule has 1 aliphatic carbocycles. The van der Waals surface area contributed by atoms with E-state index in [1.54, 1.807) is 0 Å². The molecule has 2 heterocycles. The van der Waals surface area contributed by atoms with E-state index in [-0.39, 0.29) is 5.60 Å². The Kier molecular flexibility index (Phi) is 2.26. The minimum absolute atomic E-state index is 0.133. The Morgan fingerprint density at radius 3 is 3.07 bits per heavy atom. The Bertz CT molecular complexity index is 209. The van der Waals surface area contributed by atoms with Gasteiger partial charge in [-0.25, -0.2) is 0 Å². The van der Waals surface area contributed by atoms with Crippen LogP contribution in [-0.2, 0) is 9.47 Å². The van der Waals surface area contributed by atoms with E-state index in [0.29, 0.717) is 6.10 Å². The summed E-state index contributed by atoms with van der Waals surface area (Å²) in [6.45, 7) is 3.91. The molecule has 1 saturated carbocycles. The largest absolute Gasteiger partial charge is 0.375 e. The minimum atomic E-state index is 0.133. The second-order valence-corrected chi connectivity index (χ2v) is 5.02. The molecule has 0 aromatic heterocycles. The SMILES string of the molecule is C1CC2(CN1)CC(OCC1CC1)CO2. The molecule has 0 aromatic carbocycles. The van der Waals surface area contributed by atoms with E-state index in [2.05, 4.69) is 5.32 Å². The van der Waals surface area contributed by atoms with Crippen LogP contribution in [0.25, 0.3) is 0 Å². The monoisotopic (exact) mass is 197 g/mol. The number of hydrogen-bond acceptors (Lipinski definition) is 3. The zero-order valence-electron chi connectivity index (χ0n) is 8.63. The van der Waals surface area contributed by atoms with Crippen LogP contribution in [0.15, 0.2) is 0 Å². The first-order valence-corrected chi connectivity index (χ1v) is 5.83. The van der Waals surface area contributed by atoms with Gasteiger partial charge < -0.3 is 14.8 Å². The van der Waals surface area contributed by atoms with Gasteiger partial charge in [-0.2, -0.15) is 0 Å². The number of ether oxygens (including phenoxy) is 2. The Morgan fingerprint density at radius 1 is 1.43 bits per heavy atom. The third-order valence-corrected chi connectivity index (χ3v) is 3.64. The van der Waals surface area contributed by atoms with Crippen molar-refractivity contribution in [3.63, 3.8) is 0 Å². The summed E-state index contributed by atoms with van der Waals surface area (Å²) in [6.07, 6.45) is 5.39. The lowest BCUT2D eigenvalue weighted by atomic mass is 9.98. The van der Waals surface area contributed by atoms with Crippen molar-refractivity contribution in [1.29, 1.82) is 0 Å². The van der Waals surface area contributed by atoms with Crippen LogP contribution in [0.2, 0.25) is 0 Å². The molecule has 3 fully saturated rings. The molecule has 0 aromatic rings. The first-order chi connectivity index (χ1) is 6.86. The maximum Gasteiger partial charge on any atom is 0.0845 e. The molecule has 2 unspecified atom stereocenters. The predicted octanol–water partition coefficient (Wildman–Crippen LogP) is 0.934. The fourth-order valence-corrected chi connectivity index (χ4v) is 2.48. The molecule has 2 saturated heterocycles. The van der Waals surface area contributed by atoms with Gasteiger partial charge >= 0.3 is 0 Å². The van der Waals surface area contributed by atoms with Crippen LogP contribution in [0.3, 0.4) is 0 Å². The molecule has 80 valence electrons. The lowest BCUT2D eigenvalue weighted by Gasteiger charge is -2.20. The van der Waals surface area contributed by atoms with E-state index in [0.717, 1.165) is 45.1 Å². The summed E-state index contributed by atoms with van der Waals surface area (Å²) in [4.78, 5) is 0. The number of nitrogens with one attached hydrogen (secondary N) is 1. The van der Waals surface area contributed by atoms with Crippen LogP contribution in [0.5, 0.6) is 0 Å². The van der Waals surface area contributed by atoms with Gasteiger partial charge in [-0.3, -0.25) is 0 Å². The standard InChI is InChI=1S/C11H19NO2/c1-2-9(1)6-13-10-5-11(14-7-10)3-4-12-8-11/h9-10,12H,1-8H2. The summed E-state index contributed by atoms with van der Waals surface area (Å²) < 4.78 is 11.7. The minimum Gasteiger partial charge on any atom is -0.375 e. The lowest BCUT2D eigenvalue weighted by Crippen LogP contribution is -2.31. The summed E-state index contributed by atoms with van der Waals surface area (Å²) in [6, 6.07) is 0. The second kappa shape index (κ2) is 3.47. The van der Waals surface area contributed by atoms with Crippen molar-refractivity contribution in [3.05, 3.63) is 0 Å². The molecule has 0 bridgehead atoms. The first-order valence-electron chi connectivity index (χ1n) is 5.83. The quantitative estimate of drug-likeness (QED) is 0.730. The van der Waals surface area contributed by atoms with Crippen molar-refractivity contribution in [1.82, 2.24) is 5.32 Å². The van der Waals surface area contributed by atoms with E-state index < -0.39 is 0 Å². The Labute approximate surface area is 85.1 Å². The van der Waals surface area contributed by atoms with Gasteiger partial charge in [0.25, 0.3) is 0 Å². The average Bonchev–Trinajstić information content (AvgIpc) is 2.79. The van der Waals surface area contributed by atoms with Gasteiger partial charge in [0.1, 0.15) is 0 Å². The highest BCUT2D eigenvalue weighted by Gasteiger charge is 2.43. The third-order valence-electron chi connectivity index (χ3n) is 3.64. The van der Waals surface area contributed by atoms with Gasteiger partial charge in [0.2, 0.25) is 0 Å². The highest BCUT2D eigenvalue weighted by atomic mass is 16.6. The smallest absolute Gasteiger partial charge is 0.0845 e. The normalized spacial score (nSPS) is 42.4. The third kappa shape index (κ3) is 1.81. The molecular weight excluding hydrogens is 178 g/mol. The average molecular weight is 197 g/mol. The second-order valence-electron chi connectivity index (χ2n) is 5.02. The molecule has 0 amide bonds. The van der Waals surface area contributed by atoms with Crippen molar-refractivity contribution >= 4 is 0 Å². The number of hydrogen-bond donors (Lipinski definition) is 1. The molecule has 3 nitrogen and oxygen atoms in total. The zero-order valence-corrected chi connectivity index (χ0v) is 8.63. The molecule has 1 spiro atoms. The molecule has 3 aliphatic rings. The van der Waals surface area contributed by atoms with E-state index >= 15 is 0 Å². The van der Waals surface area contributed by atoms with Crippen molar-refractivity contribution in [2.24, 2.45) is 5.92 Å². The Morgan fingerprint density at radius 2 is 2.36 bits per heavy atom. The summed E-state index contributed by atoms with van der Waals surface area (Å²) in [5.74, 6) is 0.869. The highest BCUT2D eigenvalue weighted by molar-refractivity contribution is 4.96. The Balaban J connectivity index is 1.48. The molecule has 14 heavy (non-hydrogen) atoms.